The molecule has 138 valence electrons. The number of carbonyl (C=O) groups excluding carboxylic acids is 1. The fraction of sp³-hybridized carbons (Fsp3) is 0.722. The number of anilines is 2. The molecule has 1 aliphatic heterocycles. The van der Waals surface area contributed by atoms with E-state index in [2.05, 4.69) is 22.1 Å². The largest absolute Gasteiger partial charge is 0.375 e. The molecule has 2 aliphatic rings. The molecule has 2 fully saturated rings. The molecule has 1 amide bonds. The summed E-state index contributed by atoms with van der Waals surface area (Å²) in [7, 11) is 5.46. The van der Waals surface area contributed by atoms with Crippen LogP contribution in [-0.4, -0.2) is 62.8 Å². The molecule has 0 radical (unpaired) electrons. The van der Waals surface area contributed by atoms with Crippen LogP contribution in [0.4, 0.5) is 11.8 Å². The van der Waals surface area contributed by atoms with Gasteiger partial charge >= 0.3 is 0 Å². The Morgan fingerprint density at radius 2 is 2.00 bits per heavy atom. The summed E-state index contributed by atoms with van der Waals surface area (Å²) >= 11 is 0. The number of amides is 1. The maximum atomic E-state index is 12.0. The Hall–Kier alpha value is -1.89. The topological polar surface area (TPSA) is 70.6 Å². The van der Waals surface area contributed by atoms with Gasteiger partial charge in [0, 0.05) is 51.5 Å². The number of rotatable bonds is 6. The highest BCUT2D eigenvalue weighted by Crippen LogP contribution is 2.42. The minimum Gasteiger partial charge on any atom is -0.375 e. The number of methoxy groups -OCH3 is 1. The Kier molecular flexibility index (Phi) is 5.13. The Labute approximate surface area is 149 Å². The van der Waals surface area contributed by atoms with Crippen LogP contribution in [0.15, 0.2) is 0 Å². The van der Waals surface area contributed by atoms with E-state index in [1.807, 2.05) is 25.9 Å². The Balaban J connectivity index is 1.82. The summed E-state index contributed by atoms with van der Waals surface area (Å²) in [5, 5.41) is 3.16. The minimum absolute atomic E-state index is 0.0374. The highest BCUT2D eigenvalue weighted by atomic mass is 16.5. The van der Waals surface area contributed by atoms with Crippen molar-refractivity contribution in [1.29, 1.82) is 0 Å². The molecule has 0 unspecified atom stereocenters. The number of nitrogens with zero attached hydrogens (tertiary/aromatic N) is 4. The SMILES string of the molecule is COCC(=O)N[C@H]1CN(c2nc(N(C)C)nc(C)c2C)C[C@@H]1C1CC1. The van der Waals surface area contributed by atoms with E-state index in [0.717, 1.165) is 42.0 Å². The molecular weight excluding hydrogens is 318 g/mol. The van der Waals surface area contributed by atoms with Crippen LogP contribution in [0.3, 0.4) is 0 Å². The zero-order chi connectivity index (χ0) is 18.1. The molecule has 1 aromatic rings. The minimum atomic E-state index is -0.0374. The third-order valence-corrected chi connectivity index (χ3v) is 5.27. The Morgan fingerprint density at radius 3 is 2.60 bits per heavy atom. The Bertz CT molecular complexity index is 645. The van der Waals surface area contributed by atoms with Gasteiger partial charge in [0.05, 0.1) is 6.04 Å². The van der Waals surface area contributed by atoms with Gasteiger partial charge in [0.25, 0.3) is 0 Å². The maximum Gasteiger partial charge on any atom is 0.246 e. The molecule has 2 heterocycles. The lowest BCUT2D eigenvalue weighted by Crippen LogP contribution is -2.42. The van der Waals surface area contributed by atoms with Gasteiger partial charge in [-0.2, -0.15) is 4.98 Å². The molecule has 1 aliphatic carbocycles. The molecule has 0 spiro atoms. The first-order valence-corrected chi connectivity index (χ1v) is 8.96. The van der Waals surface area contributed by atoms with E-state index >= 15 is 0 Å². The quantitative estimate of drug-likeness (QED) is 0.832. The molecule has 1 aromatic heterocycles. The van der Waals surface area contributed by atoms with Gasteiger partial charge in [-0.3, -0.25) is 4.79 Å². The highest BCUT2D eigenvalue weighted by Gasteiger charge is 2.43. The first-order chi connectivity index (χ1) is 11.9. The third-order valence-electron chi connectivity index (χ3n) is 5.27. The lowest BCUT2D eigenvalue weighted by molar-refractivity contribution is -0.125. The van der Waals surface area contributed by atoms with Crippen molar-refractivity contribution < 1.29 is 9.53 Å². The van der Waals surface area contributed by atoms with Crippen LogP contribution < -0.4 is 15.1 Å². The highest BCUT2D eigenvalue weighted by molar-refractivity contribution is 5.77. The van der Waals surface area contributed by atoms with Crippen LogP contribution in [0.5, 0.6) is 0 Å². The number of hydrogen-bond donors (Lipinski definition) is 1. The fourth-order valence-electron chi connectivity index (χ4n) is 3.64. The molecule has 1 saturated carbocycles. The van der Waals surface area contributed by atoms with Gasteiger partial charge in [-0.15, -0.1) is 0 Å². The Morgan fingerprint density at radius 1 is 1.28 bits per heavy atom. The molecule has 2 atom stereocenters. The van der Waals surface area contributed by atoms with Gasteiger partial charge in [-0.1, -0.05) is 0 Å². The van der Waals surface area contributed by atoms with Gasteiger partial charge in [0.2, 0.25) is 11.9 Å². The fourth-order valence-corrected chi connectivity index (χ4v) is 3.64. The van der Waals surface area contributed by atoms with Crippen LogP contribution in [0, 0.1) is 25.7 Å². The number of carbonyl (C=O) groups is 1. The van der Waals surface area contributed by atoms with Gasteiger partial charge in [0.15, 0.2) is 0 Å². The summed E-state index contributed by atoms with van der Waals surface area (Å²) in [6.45, 7) is 5.95. The molecule has 1 saturated heterocycles. The molecule has 3 rings (SSSR count). The summed E-state index contributed by atoms with van der Waals surface area (Å²) < 4.78 is 4.96. The second-order valence-electron chi connectivity index (χ2n) is 7.47. The number of nitrogens with one attached hydrogen (secondary N) is 1. The van der Waals surface area contributed by atoms with E-state index in [1.54, 1.807) is 7.11 Å². The van der Waals surface area contributed by atoms with Crippen molar-refractivity contribution in [1.82, 2.24) is 15.3 Å². The molecule has 1 N–H and O–H groups in total. The molecule has 0 aromatic carbocycles. The summed E-state index contributed by atoms with van der Waals surface area (Å²) in [6, 6.07) is 0.160. The molecule has 7 nitrogen and oxygen atoms in total. The number of aromatic nitrogens is 2. The average molecular weight is 347 g/mol. The standard InChI is InChI=1S/C18H29N5O2/c1-11-12(2)19-18(22(3)4)21-17(11)23-8-14(13-6-7-13)15(9-23)20-16(24)10-25-5/h13-15H,6-10H2,1-5H3,(H,20,24)/t14-,15+/m1/s1. The predicted molar refractivity (Wildman–Crippen MR) is 98.1 cm³/mol. The van der Waals surface area contributed by atoms with Crippen LogP contribution in [0.25, 0.3) is 0 Å². The van der Waals surface area contributed by atoms with Gasteiger partial charge in [0.1, 0.15) is 12.4 Å². The van der Waals surface area contributed by atoms with Crippen LogP contribution in [0.1, 0.15) is 24.1 Å². The maximum absolute atomic E-state index is 12.0. The number of hydrogen-bond acceptors (Lipinski definition) is 6. The molecular formula is C18H29N5O2. The first kappa shape index (κ1) is 17.9. The molecule has 0 bridgehead atoms. The zero-order valence-electron chi connectivity index (χ0n) is 15.9. The van der Waals surface area contributed by atoms with Gasteiger partial charge < -0.3 is 19.9 Å². The van der Waals surface area contributed by atoms with E-state index in [1.165, 1.54) is 12.8 Å². The van der Waals surface area contributed by atoms with Crippen molar-refractivity contribution in [2.24, 2.45) is 11.8 Å². The monoisotopic (exact) mass is 347 g/mol. The van der Waals surface area contributed by atoms with Crippen molar-refractivity contribution >= 4 is 17.7 Å². The molecule has 7 heteroatoms. The van der Waals surface area contributed by atoms with E-state index in [-0.39, 0.29) is 18.6 Å². The number of ether oxygens (including phenoxy) is 1. The molecule has 25 heavy (non-hydrogen) atoms. The first-order valence-electron chi connectivity index (χ1n) is 8.96. The summed E-state index contributed by atoms with van der Waals surface area (Å²) in [5.41, 5.74) is 2.12. The van der Waals surface area contributed by atoms with E-state index in [0.29, 0.717) is 5.92 Å². The van der Waals surface area contributed by atoms with Crippen molar-refractivity contribution in [3.05, 3.63) is 11.3 Å². The predicted octanol–water partition coefficient (Wildman–Crippen LogP) is 1.14. The van der Waals surface area contributed by atoms with Crippen molar-refractivity contribution in [2.75, 3.05) is 50.7 Å². The summed E-state index contributed by atoms with van der Waals surface area (Å²) in [5.74, 6) is 2.88. The van der Waals surface area contributed by atoms with Crippen LogP contribution in [-0.2, 0) is 9.53 Å². The lowest BCUT2D eigenvalue weighted by atomic mass is 9.98. The third kappa shape index (κ3) is 3.86. The van der Waals surface area contributed by atoms with E-state index in [9.17, 15) is 4.79 Å². The normalized spacial score (nSPS) is 23.0. The van der Waals surface area contributed by atoms with Crippen LogP contribution in [0.2, 0.25) is 0 Å². The summed E-state index contributed by atoms with van der Waals surface area (Å²) in [4.78, 5) is 25.6. The van der Waals surface area contributed by atoms with Gasteiger partial charge in [-0.05, 0) is 32.6 Å². The second kappa shape index (κ2) is 7.15. The van der Waals surface area contributed by atoms with Crippen molar-refractivity contribution in [2.45, 2.75) is 32.7 Å². The van der Waals surface area contributed by atoms with E-state index in [4.69, 9.17) is 9.72 Å². The smallest absolute Gasteiger partial charge is 0.246 e. The lowest BCUT2D eigenvalue weighted by Gasteiger charge is -2.23. The number of aryl methyl sites for hydroxylation is 1. The van der Waals surface area contributed by atoms with Crippen molar-refractivity contribution in [3.8, 4) is 0 Å². The zero-order valence-corrected chi connectivity index (χ0v) is 15.9. The van der Waals surface area contributed by atoms with Crippen LogP contribution >= 0.6 is 0 Å². The second-order valence-corrected chi connectivity index (χ2v) is 7.47. The summed E-state index contributed by atoms with van der Waals surface area (Å²) in [6.07, 6.45) is 2.53. The van der Waals surface area contributed by atoms with Crippen molar-refractivity contribution in [3.63, 3.8) is 0 Å². The van der Waals surface area contributed by atoms with Gasteiger partial charge in [-0.25, -0.2) is 4.98 Å². The average Bonchev–Trinajstić information content (AvgIpc) is 3.31. The van der Waals surface area contributed by atoms with E-state index < -0.39 is 0 Å².